The number of benzene rings is 2. The van der Waals surface area contributed by atoms with E-state index in [1.165, 1.54) is 0 Å². The Hall–Kier alpha value is -3.38. The Bertz CT molecular complexity index is 1180. The van der Waals surface area contributed by atoms with E-state index in [0.29, 0.717) is 11.1 Å². The lowest BCUT2D eigenvalue weighted by Gasteiger charge is -2.12. The van der Waals surface area contributed by atoms with E-state index < -0.39 is 5.91 Å². The largest absolute Gasteiger partial charge is 0.489 e. The number of fused-ring (bicyclic) bond motifs is 3. The van der Waals surface area contributed by atoms with E-state index in [2.05, 4.69) is 10.3 Å². The summed E-state index contributed by atoms with van der Waals surface area (Å²) in [4.78, 5) is 20.2. The standard InChI is InChI=1S/C22H20N4O2/c23-22(27)17-11-18(13-4-2-1-3-5-13)25-20-16-7-6-14(10-19(16)26-21(17)20)28-15-8-9-24-12-15/h1-7,10-11,15,24,26H,8-9,12H2,(H2,23,27). The van der Waals surface area contributed by atoms with Crippen molar-refractivity contribution >= 4 is 27.8 Å². The number of ether oxygens (including phenoxy) is 1. The first kappa shape index (κ1) is 16.8. The van der Waals surface area contributed by atoms with Crippen molar-refractivity contribution in [3.8, 4) is 17.0 Å². The van der Waals surface area contributed by atoms with Crippen LogP contribution in [0.4, 0.5) is 0 Å². The van der Waals surface area contributed by atoms with Crippen molar-refractivity contribution < 1.29 is 9.53 Å². The minimum atomic E-state index is -0.482. The van der Waals surface area contributed by atoms with Gasteiger partial charge in [0.2, 0.25) is 0 Å². The maximum absolute atomic E-state index is 12.1. The van der Waals surface area contributed by atoms with Gasteiger partial charge in [-0.05, 0) is 31.2 Å². The molecule has 6 nitrogen and oxygen atoms in total. The Labute approximate surface area is 161 Å². The van der Waals surface area contributed by atoms with Crippen molar-refractivity contribution in [1.82, 2.24) is 15.3 Å². The summed E-state index contributed by atoms with van der Waals surface area (Å²) in [6, 6.07) is 17.4. The van der Waals surface area contributed by atoms with Crippen LogP contribution in [0.1, 0.15) is 16.8 Å². The van der Waals surface area contributed by atoms with Crippen LogP contribution in [0.5, 0.6) is 5.75 Å². The number of primary amides is 1. The number of nitrogens with one attached hydrogen (secondary N) is 2. The fourth-order valence-electron chi connectivity index (χ4n) is 3.78. The average molecular weight is 372 g/mol. The Morgan fingerprint density at radius 3 is 2.75 bits per heavy atom. The number of rotatable bonds is 4. The van der Waals surface area contributed by atoms with Crippen LogP contribution in [0.25, 0.3) is 33.2 Å². The number of nitrogens with zero attached hydrogens (tertiary/aromatic N) is 1. The molecule has 4 aromatic rings. The molecule has 0 spiro atoms. The summed E-state index contributed by atoms with van der Waals surface area (Å²) < 4.78 is 6.06. The van der Waals surface area contributed by atoms with Crippen molar-refractivity contribution in [2.45, 2.75) is 12.5 Å². The van der Waals surface area contributed by atoms with Crippen LogP contribution in [0.3, 0.4) is 0 Å². The molecule has 0 radical (unpaired) electrons. The number of pyridine rings is 1. The monoisotopic (exact) mass is 372 g/mol. The molecule has 0 saturated carbocycles. The summed E-state index contributed by atoms with van der Waals surface area (Å²) in [5, 5.41) is 4.24. The molecule has 1 unspecified atom stereocenters. The van der Waals surface area contributed by atoms with E-state index >= 15 is 0 Å². The predicted molar refractivity (Wildman–Crippen MR) is 109 cm³/mol. The molecule has 0 aliphatic carbocycles. The molecule has 1 saturated heterocycles. The smallest absolute Gasteiger partial charge is 0.250 e. The number of H-pyrrole nitrogens is 1. The summed E-state index contributed by atoms with van der Waals surface area (Å²) in [6.07, 6.45) is 1.18. The number of hydrogen-bond donors (Lipinski definition) is 3. The molecule has 2 aromatic heterocycles. The van der Waals surface area contributed by atoms with Gasteiger partial charge < -0.3 is 20.8 Å². The number of amides is 1. The Morgan fingerprint density at radius 1 is 1.14 bits per heavy atom. The third-order valence-electron chi connectivity index (χ3n) is 5.18. The zero-order valence-electron chi connectivity index (χ0n) is 15.2. The van der Waals surface area contributed by atoms with Crippen LogP contribution in [-0.2, 0) is 0 Å². The summed E-state index contributed by atoms with van der Waals surface area (Å²) in [6.45, 7) is 1.84. The lowest BCUT2D eigenvalue weighted by Crippen LogP contribution is -2.19. The number of hydrogen-bond acceptors (Lipinski definition) is 4. The molecule has 0 bridgehead atoms. The maximum atomic E-state index is 12.1. The highest BCUT2D eigenvalue weighted by molar-refractivity contribution is 6.14. The molecule has 5 rings (SSSR count). The zero-order valence-corrected chi connectivity index (χ0v) is 15.2. The normalized spacial score (nSPS) is 16.6. The summed E-state index contributed by atoms with van der Waals surface area (Å²) in [5.74, 6) is 0.321. The first-order valence-electron chi connectivity index (χ1n) is 9.38. The van der Waals surface area contributed by atoms with Crippen LogP contribution in [0.15, 0.2) is 54.6 Å². The molecule has 6 heteroatoms. The highest BCUT2D eigenvalue weighted by Gasteiger charge is 2.18. The van der Waals surface area contributed by atoms with Crippen LogP contribution in [0, 0.1) is 0 Å². The maximum Gasteiger partial charge on any atom is 0.250 e. The van der Waals surface area contributed by atoms with Crippen molar-refractivity contribution in [2.75, 3.05) is 13.1 Å². The molecule has 2 aromatic carbocycles. The molecule has 3 heterocycles. The lowest BCUT2D eigenvalue weighted by molar-refractivity contribution is 0.100. The molecule has 1 aliphatic rings. The highest BCUT2D eigenvalue weighted by Crippen LogP contribution is 2.32. The topological polar surface area (TPSA) is 93.0 Å². The second-order valence-electron chi connectivity index (χ2n) is 7.07. The van der Waals surface area contributed by atoms with Gasteiger partial charge >= 0.3 is 0 Å². The van der Waals surface area contributed by atoms with Crippen molar-refractivity contribution in [3.63, 3.8) is 0 Å². The Kier molecular flexibility index (Phi) is 3.98. The van der Waals surface area contributed by atoms with Crippen molar-refractivity contribution in [3.05, 3.63) is 60.2 Å². The van der Waals surface area contributed by atoms with Crippen LogP contribution in [-0.4, -0.2) is 35.1 Å². The van der Waals surface area contributed by atoms with Gasteiger partial charge in [-0.15, -0.1) is 0 Å². The third-order valence-corrected chi connectivity index (χ3v) is 5.18. The summed E-state index contributed by atoms with van der Waals surface area (Å²) in [5.41, 5.74) is 10.0. The number of aromatic amines is 1. The molecule has 28 heavy (non-hydrogen) atoms. The van der Waals surface area contributed by atoms with Crippen LogP contribution < -0.4 is 15.8 Å². The quantitative estimate of drug-likeness (QED) is 0.513. The van der Waals surface area contributed by atoms with E-state index in [0.717, 1.165) is 52.9 Å². The lowest BCUT2D eigenvalue weighted by atomic mass is 10.1. The first-order chi connectivity index (χ1) is 13.7. The minimum absolute atomic E-state index is 0.186. The molecular weight excluding hydrogens is 352 g/mol. The first-order valence-corrected chi connectivity index (χ1v) is 9.38. The number of carbonyl (C=O) groups excluding carboxylic acids is 1. The molecule has 140 valence electrons. The average Bonchev–Trinajstić information content (AvgIpc) is 3.35. The Morgan fingerprint density at radius 2 is 2.00 bits per heavy atom. The predicted octanol–water partition coefficient (Wildman–Crippen LogP) is 3.22. The fourth-order valence-corrected chi connectivity index (χ4v) is 3.78. The van der Waals surface area contributed by atoms with Crippen molar-refractivity contribution in [1.29, 1.82) is 0 Å². The number of carbonyl (C=O) groups is 1. The van der Waals surface area contributed by atoms with E-state index in [9.17, 15) is 4.79 Å². The number of aromatic nitrogens is 2. The summed E-state index contributed by atoms with van der Waals surface area (Å²) >= 11 is 0. The highest BCUT2D eigenvalue weighted by atomic mass is 16.5. The van der Waals surface area contributed by atoms with E-state index in [-0.39, 0.29) is 6.10 Å². The Balaban J connectivity index is 1.66. The zero-order chi connectivity index (χ0) is 19.1. The molecule has 1 amide bonds. The second-order valence-corrected chi connectivity index (χ2v) is 7.07. The van der Waals surface area contributed by atoms with E-state index in [1.807, 2.05) is 48.5 Å². The van der Waals surface area contributed by atoms with Gasteiger partial charge in [-0.25, -0.2) is 4.98 Å². The van der Waals surface area contributed by atoms with Gasteiger partial charge in [0.15, 0.2) is 0 Å². The number of nitrogens with two attached hydrogens (primary N) is 1. The molecule has 1 atom stereocenters. The van der Waals surface area contributed by atoms with E-state index in [4.69, 9.17) is 15.5 Å². The SMILES string of the molecule is NC(=O)c1cc(-c2ccccc2)nc2c1[nH]c1cc(OC3CCNC3)ccc12. The van der Waals surface area contributed by atoms with Gasteiger partial charge in [-0.3, -0.25) is 4.79 Å². The van der Waals surface area contributed by atoms with Gasteiger partial charge in [-0.1, -0.05) is 30.3 Å². The second kappa shape index (κ2) is 6.65. The molecular formula is C22H20N4O2. The molecule has 1 aliphatic heterocycles. The van der Waals surface area contributed by atoms with Crippen molar-refractivity contribution in [2.24, 2.45) is 5.73 Å². The molecule has 1 fully saturated rings. The van der Waals surface area contributed by atoms with Gasteiger partial charge in [0.1, 0.15) is 11.9 Å². The van der Waals surface area contributed by atoms with Gasteiger partial charge in [0.05, 0.1) is 27.8 Å². The summed E-state index contributed by atoms with van der Waals surface area (Å²) in [7, 11) is 0. The van der Waals surface area contributed by atoms with E-state index in [1.54, 1.807) is 6.07 Å². The third kappa shape index (κ3) is 2.88. The molecule has 4 N–H and O–H groups in total. The van der Waals surface area contributed by atoms with Crippen LogP contribution in [0.2, 0.25) is 0 Å². The van der Waals surface area contributed by atoms with Gasteiger partial charge in [0, 0.05) is 23.6 Å². The fraction of sp³-hybridized carbons (Fsp3) is 0.182. The minimum Gasteiger partial charge on any atom is -0.489 e. The van der Waals surface area contributed by atoms with Crippen LogP contribution >= 0.6 is 0 Å². The van der Waals surface area contributed by atoms with Gasteiger partial charge in [-0.2, -0.15) is 0 Å². The van der Waals surface area contributed by atoms with Gasteiger partial charge in [0.25, 0.3) is 5.91 Å².